The van der Waals surface area contributed by atoms with Gasteiger partial charge in [-0.3, -0.25) is 9.59 Å². The monoisotopic (exact) mass is 477 g/mol. The van der Waals surface area contributed by atoms with Crippen LogP contribution in [-0.2, 0) is 17.6 Å². The van der Waals surface area contributed by atoms with E-state index in [1.165, 1.54) is 16.6 Å². The van der Waals surface area contributed by atoms with E-state index in [1.54, 1.807) is 30.4 Å². The molecule has 1 unspecified atom stereocenters. The Morgan fingerprint density at radius 2 is 1.82 bits per heavy atom. The van der Waals surface area contributed by atoms with Gasteiger partial charge in [0.15, 0.2) is 5.16 Å². The second-order valence-corrected chi connectivity index (χ2v) is 10.4. The van der Waals surface area contributed by atoms with Crippen molar-refractivity contribution in [1.29, 1.82) is 0 Å². The number of aryl methyl sites for hydroxylation is 2. The van der Waals surface area contributed by atoms with Gasteiger partial charge in [-0.1, -0.05) is 30.0 Å². The minimum atomic E-state index is -0.430. The van der Waals surface area contributed by atoms with E-state index >= 15 is 0 Å². The minimum absolute atomic E-state index is 0.108. The van der Waals surface area contributed by atoms with Crippen LogP contribution >= 0.6 is 23.1 Å². The number of aromatic amines is 1. The summed E-state index contributed by atoms with van der Waals surface area (Å²) in [6.45, 7) is 1.80. The number of fused-ring (bicyclic) bond motifs is 3. The van der Waals surface area contributed by atoms with Gasteiger partial charge in [0.05, 0.1) is 10.6 Å². The number of carbonyl (C=O) groups excluding carboxylic acids is 1. The topological polar surface area (TPSA) is 84.1 Å². The lowest BCUT2D eigenvalue weighted by Crippen LogP contribution is -2.23. The normalized spacial score (nSPS) is 14.0. The third kappa shape index (κ3) is 4.82. The summed E-state index contributed by atoms with van der Waals surface area (Å²) in [6.07, 6.45) is 4.24. The van der Waals surface area contributed by atoms with Crippen LogP contribution in [0.25, 0.3) is 10.2 Å². The number of anilines is 1. The molecule has 1 aliphatic rings. The molecule has 1 amide bonds. The molecule has 2 heterocycles. The number of nitrogens with one attached hydrogen (secondary N) is 2. The van der Waals surface area contributed by atoms with Crippen LogP contribution in [0.2, 0.25) is 0 Å². The van der Waals surface area contributed by atoms with Crippen molar-refractivity contribution in [3.8, 4) is 11.5 Å². The number of para-hydroxylation sites is 1. The standard InChI is InChI=1S/C25H23N3O3S2/c1-15(22(29)26-16-11-13-18(14-12-16)31-17-7-3-2-4-8-17)32-25-27-23(30)21-19-9-5-6-10-20(19)33-24(21)28-25/h2-4,7-8,11-15H,5-6,9-10H2,1H3,(H,26,29)(H,27,28,30). The van der Waals surface area contributed by atoms with Crippen molar-refractivity contribution in [2.45, 2.75) is 43.0 Å². The molecule has 2 aromatic heterocycles. The van der Waals surface area contributed by atoms with Gasteiger partial charge in [0, 0.05) is 10.6 Å². The fourth-order valence-corrected chi connectivity index (χ4v) is 6.01. The van der Waals surface area contributed by atoms with Crippen molar-refractivity contribution < 1.29 is 9.53 Å². The van der Waals surface area contributed by atoms with E-state index in [1.807, 2.05) is 42.5 Å². The highest BCUT2D eigenvalue weighted by Gasteiger charge is 2.21. The molecule has 0 aliphatic heterocycles. The molecule has 5 rings (SSSR count). The molecule has 1 aliphatic carbocycles. The van der Waals surface area contributed by atoms with Crippen LogP contribution in [0.5, 0.6) is 11.5 Å². The first kappa shape index (κ1) is 21.7. The number of ether oxygens (including phenoxy) is 1. The van der Waals surface area contributed by atoms with Crippen LogP contribution < -0.4 is 15.6 Å². The summed E-state index contributed by atoms with van der Waals surface area (Å²) < 4.78 is 5.78. The Kier molecular flexibility index (Phi) is 6.20. The largest absolute Gasteiger partial charge is 0.457 e. The van der Waals surface area contributed by atoms with Crippen LogP contribution in [0.1, 0.15) is 30.2 Å². The number of nitrogens with zero attached hydrogens (tertiary/aromatic N) is 1. The summed E-state index contributed by atoms with van der Waals surface area (Å²) in [6, 6.07) is 16.8. The first-order valence-corrected chi connectivity index (χ1v) is 12.6. The van der Waals surface area contributed by atoms with E-state index < -0.39 is 5.25 Å². The van der Waals surface area contributed by atoms with E-state index in [9.17, 15) is 9.59 Å². The molecule has 2 N–H and O–H groups in total. The molecule has 0 radical (unpaired) electrons. The van der Waals surface area contributed by atoms with Gasteiger partial charge in [-0.05, 0) is 74.6 Å². The Balaban J connectivity index is 1.24. The number of carbonyl (C=O) groups is 1. The fourth-order valence-electron chi connectivity index (χ4n) is 3.90. The molecule has 0 fully saturated rings. The molecular weight excluding hydrogens is 454 g/mol. The van der Waals surface area contributed by atoms with Crippen molar-refractivity contribution >= 4 is 44.9 Å². The van der Waals surface area contributed by atoms with Gasteiger partial charge in [0.25, 0.3) is 5.56 Å². The molecule has 168 valence electrons. The summed E-state index contributed by atoms with van der Waals surface area (Å²) in [7, 11) is 0. The lowest BCUT2D eigenvalue weighted by atomic mass is 9.97. The van der Waals surface area contributed by atoms with Crippen molar-refractivity contribution in [2.75, 3.05) is 5.32 Å². The number of amides is 1. The summed E-state index contributed by atoms with van der Waals surface area (Å²) in [5.41, 5.74) is 1.73. The Bertz CT molecular complexity index is 1350. The average Bonchev–Trinajstić information content (AvgIpc) is 3.20. The first-order valence-electron chi connectivity index (χ1n) is 10.9. The third-order valence-electron chi connectivity index (χ3n) is 5.56. The molecule has 4 aromatic rings. The van der Waals surface area contributed by atoms with Gasteiger partial charge in [-0.25, -0.2) is 4.98 Å². The van der Waals surface area contributed by atoms with Gasteiger partial charge in [-0.2, -0.15) is 0 Å². The molecular formula is C25H23N3O3S2. The lowest BCUT2D eigenvalue weighted by Gasteiger charge is -2.12. The number of rotatable bonds is 6. The Morgan fingerprint density at radius 3 is 2.61 bits per heavy atom. The molecule has 0 spiro atoms. The summed E-state index contributed by atoms with van der Waals surface area (Å²) in [4.78, 5) is 35.0. The molecule has 0 saturated carbocycles. The maximum Gasteiger partial charge on any atom is 0.260 e. The average molecular weight is 478 g/mol. The first-order chi connectivity index (χ1) is 16.1. The van der Waals surface area contributed by atoms with Gasteiger partial charge >= 0.3 is 0 Å². The number of aromatic nitrogens is 2. The van der Waals surface area contributed by atoms with E-state index in [0.717, 1.165) is 47.2 Å². The zero-order valence-electron chi connectivity index (χ0n) is 18.1. The number of thiophene rings is 1. The van der Waals surface area contributed by atoms with E-state index in [2.05, 4.69) is 15.3 Å². The van der Waals surface area contributed by atoms with Crippen molar-refractivity contribution in [2.24, 2.45) is 0 Å². The lowest BCUT2D eigenvalue weighted by molar-refractivity contribution is -0.115. The smallest absolute Gasteiger partial charge is 0.260 e. The minimum Gasteiger partial charge on any atom is -0.457 e. The van der Waals surface area contributed by atoms with Crippen LogP contribution in [0.4, 0.5) is 5.69 Å². The highest BCUT2D eigenvalue weighted by Crippen LogP contribution is 2.34. The molecule has 8 heteroatoms. The Labute approximate surface area is 199 Å². The van der Waals surface area contributed by atoms with Crippen molar-refractivity contribution in [3.63, 3.8) is 0 Å². The number of thioether (sulfide) groups is 1. The van der Waals surface area contributed by atoms with Gasteiger partial charge in [-0.15, -0.1) is 11.3 Å². The predicted molar refractivity (Wildman–Crippen MR) is 134 cm³/mol. The Hall–Kier alpha value is -3.10. The van der Waals surface area contributed by atoms with Gasteiger partial charge < -0.3 is 15.0 Å². The molecule has 0 bridgehead atoms. The predicted octanol–water partition coefficient (Wildman–Crippen LogP) is 5.78. The van der Waals surface area contributed by atoms with E-state index in [4.69, 9.17) is 4.74 Å². The van der Waals surface area contributed by atoms with E-state index in [0.29, 0.717) is 16.6 Å². The summed E-state index contributed by atoms with van der Waals surface area (Å²) >= 11 is 2.87. The molecule has 1 atom stereocenters. The third-order valence-corrected chi connectivity index (χ3v) is 7.73. The van der Waals surface area contributed by atoms with Crippen LogP contribution in [0.15, 0.2) is 64.5 Å². The van der Waals surface area contributed by atoms with Crippen LogP contribution in [0, 0.1) is 0 Å². The molecule has 2 aromatic carbocycles. The number of benzene rings is 2. The maximum atomic E-state index is 12.7. The van der Waals surface area contributed by atoms with Gasteiger partial charge in [0.1, 0.15) is 16.3 Å². The zero-order chi connectivity index (χ0) is 22.8. The van der Waals surface area contributed by atoms with Crippen molar-refractivity contribution in [3.05, 3.63) is 75.4 Å². The number of hydrogen-bond acceptors (Lipinski definition) is 6. The Morgan fingerprint density at radius 1 is 1.09 bits per heavy atom. The maximum absolute atomic E-state index is 12.7. The molecule has 6 nitrogen and oxygen atoms in total. The SMILES string of the molecule is CC(Sc1nc2sc3c(c2c(=O)[nH]1)CCCC3)C(=O)Nc1ccc(Oc2ccccc2)cc1. The highest BCUT2D eigenvalue weighted by atomic mass is 32.2. The number of H-pyrrole nitrogens is 1. The second kappa shape index (κ2) is 9.41. The van der Waals surface area contributed by atoms with E-state index in [-0.39, 0.29) is 11.5 Å². The summed E-state index contributed by atoms with van der Waals surface area (Å²) in [5, 5.41) is 3.68. The zero-order valence-corrected chi connectivity index (χ0v) is 19.7. The van der Waals surface area contributed by atoms with Crippen molar-refractivity contribution in [1.82, 2.24) is 9.97 Å². The molecule has 33 heavy (non-hydrogen) atoms. The number of hydrogen-bond donors (Lipinski definition) is 2. The van der Waals surface area contributed by atoms with Crippen LogP contribution in [0.3, 0.4) is 0 Å². The quantitative estimate of drug-likeness (QED) is 0.272. The van der Waals surface area contributed by atoms with Crippen LogP contribution in [-0.4, -0.2) is 21.1 Å². The highest BCUT2D eigenvalue weighted by molar-refractivity contribution is 8.00. The summed E-state index contributed by atoms with van der Waals surface area (Å²) in [5.74, 6) is 1.28. The van der Waals surface area contributed by atoms with Gasteiger partial charge in [0.2, 0.25) is 5.91 Å². The second-order valence-electron chi connectivity index (χ2n) is 7.95. The fraction of sp³-hybridized carbons (Fsp3) is 0.240. The molecule has 0 saturated heterocycles.